The van der Waals surface area contributed by atoms with Gasteiger partial charge in [-0.15, -0.1) is 0 Å². The SMILES string of the molecule is O=C(NCCSC(F)(F)F)N[C@@H](CO)C(=O)O. The maximum Gasteiger partial charge on any atom is 0.441 e. The van der Waals surface area contributed by atoms with Crippen molar-refractivity contribution in [3.05, 3.63) is 0 Å². The highest BCUT2D eigenvalue weighted by molar-refractivity contribution is 8.00. The second-order valence-corrected chi connectivity index (χ2v) is 3.93. The Balaban J connectivity index is 3.77. The number of thioether (sulfide) groups is 1. The first kappa shape index (κ1) is 15.8. The minimum Gasteiger partial charge on any atom is -0.480 e. The van der Waals surface area contributed by atoms with Crippen molar-refractivity contribution in [3.63, 3.8) is 0 Å². The van der Waals surface area contributed by atoms with Crippen LogP contribution in [0.3, 0.4) is 0 Å². The van der Waals surface area contributed by atoms with Gasteiger partial charge in [-0.05, 0) is 11.8 Å². The zero-order valence-electron chi connectivity index (χ0n) is 8.45. The van der Waals surface area contributed by atoms with Crippen LogP contribution in [0.25, 0.3) is 0 Å². The number of carboxylic acid groups (broad SMARTS) is 1. The van der Waals surface area contributed by atoms with Crippen molar-refractivity contribution in [3.8, 4) is 0 Å². The van der Waals surface area contributed by atoms with Crippen LogP contribution in [-0.2, 0) is 4.79 Å². The predicted molar refractivity (Wildman–Crippen MR) is 53.6 cm³/mol. The summed E-state index contributed by atoms with van der Waals surface area (Å²) in [5, 5.41) is 20.9. The lowest BCUT2D eigenvalue weighted by molar-refractivity contribution is -0.140. The Morgan fingerprint density at radius 3 is 2.35 bits per heavy atom. The number of carbonyl (C=O) groups is 2. The van der Waals surface area contributed by atoms with E-state index in [0.29, 0.717) is 0 Å². The number of aliphatic carboxylic acids is 1. The highest BCUT2D eigenvalue weighted by Gasteiger charge is 2.27. The third kappa shape index (κ3) is 8.63. The largest absolute Gasteiger partial charge is 0.480 e. The summed E-state index contributed by atoms with van der Waals surface area (Å²) in [6, 6.07) is -2.43. The fourth-order valence-corrected chi connectivity index (χ4v) is 1.16. The second-order valence-electron chi connectivity index (χ2n) is 2.77. The van der Waals surface area contributed by atoms with Gasteiger partial charge in [-0.25, -0.2) is 9.59 Å². The van der Waals surface area contributed by atoms with E-state index in [1.54, 1.807) is 0 Å². The summed E-state index contributed by atoms with van der Waals surface area (Å²) >= 11 is -0.302. The zero-order valence-corrected chi connectivity index (χ0v) is 9.27. The van der Waals surface area contributed by atoms with Gasteiger partial charge in [0.15, 0.2) is 6.04 Å². The Hall–Kier alpha value is -1.16. The molecular formula is C7H11F3N2O4S. The van der Waals surface area contributed by atoms with Gasteiger partial charge in [0.2, 0.25) is 0 Å². The Morgan fingerprint density at radius 2 is 1.94 bits per heavy atom. The van der Waals surface area contributed by atoms with Crippen LogP contribution in [0.5, 0.6) is 0 Å². The van der Waals surface area contributed by atoms with Crippen LogP contribution >= 0.6 is 11.8 Å². The number of urea groups is 1. The molecule has 0 spiro atoms. The smallest absolute Gasteiger partial charge is 0.441 e. The molecule has 0 saturated carbocycles. The van der Waals surface area contributed by atoms with Crippen molar-refractivity contribution in [2.24, 2.45) is 0 Å². The molecule has 0 aromatic carbocycles. The van der Waals surface area contributed by atoms with E-state index in [-0.39, 0.29) is 24.1 Å². The summed E-state index contributed by atoms with van der Waals surface area (Å²) in [7, 11) is 0. The Morgan fingerprint density at radius 1 is 1.35 bits per heavy atom. The molecule has 0 aliphatic heterocycles. The molecule has 0 aliphatic rings. The van der Waals surface area contributed by atoms with Crippen molar-refractivity contribution in [2.45, 2.75) is 11.6 Å². The van der Waals surface area contributed by atoms with Crippen LogP contribution in [0.15, 0.2) is 0 Å². The van der Waals surface area contributed by atoms with E-state index in [1.807, 2.05) is 10.6 Å². The molecule has 0 radical (unpaired) electrons. The zero-order chi connectivity index (χ0) is 13.5. The molecule has 17 heavy (non-hydrogen) atoms. The van der Waals surface area contributed by atoms with E-state index in [1.165, 1.54) is 0 Å². The van der Waals surface area contributed by atoms with Gasteiger partial charge in [0, 0.05) is 12.3 Å². The van der Waals surface area contributed by atoms with Crippen LogP contribution in [0.2, 0.25) is 0 Å². The number of nitrogens with one attached hydrogen (secondary N) is 2. The van der Waals surface area contributed by atoms with Gasteiger partial charge < -0.3 is 20.8 Å². The molecule has 100 valence electrons. The molecule has 10 heteroatoms. The summed E-state index contributed by atoms with van der Waals surface area (Å²) in [6.45, 7) is -1.08. The molecule has 0 saturated heterocycles. The number of carboxylic acids is 1. The van der Waals surface area contributed by atoms with Gasteiger partial charge in [-0.1, -0.05) is 0 Å². The summed E-state index contributed by atoms with van der Waals surface area (Å²) in [6.07, 6.45) is 0. The molecule has 0 bridgehead atoms. The molecule has 1 atom stereocenters. The number of halogens is 3. The van der Waals surface area contributed by atoms with Gasteiger partial charge in [-0.3, -0.25) is 0 Å². The molecule has 0 aliphatic carbocycles. The Labute approximate surface area is 98.6 Å². The number of amides is 2. The molecule has 0 unspecified atom stereocenters. The minimum absolute atomic E-state index is 0.270. The monoisotopic (exact) mass is 276 g/mol. The van der Waals surface area contributed by atoms with Crippen molar-refractivity contribution in [1.29, 1.82) is 0 Å². The molecule has 0 heterocycles. The number of hydrogen-bond acceptors (Lipinski definition) is 4. The number of rotatable bonds is 6. The van der Waals surface area contributed by atoms with Gasteiger partial charge in [0.05, 0.1) is 6.61 Å². The average Bonchev–Trinajstić information content (AvgIpc) is 2.19. The number of aliphatic hydroxyl groups is 1. The average molecular weight is 276 g/mol. The van der Waals surface area contributed by atoms with Gasteiger partial charge >= 0.3 is 17.5 Å². The Kier molecular flexibility index (Phi) is 6.73. The van der Waals surface area contributed by atoms with Crippen molar-refractivity contribution in [1.82, 2.24) is 10.6 Å². The van der Waals surface area contributed by atoms with Gasteiger partial charge in [0.25, 0.3) is 0 Å². The fourth-order valence-electron chi connectivity index (χ4n) is 0.726. The quantitative estimate of drug-likeness (QED) is 0.511. The number of aliphatic hydroxyl groups excluding tert-OH is 1. The van der Waals surface area contributed by atoms with E-state index >= 15 is 0 Å². The van der Waals surface area contributed by atoms with Crippen LogP contribution in [0, 0.1) is 0 Å². The lowest BCUT2D eigenvalue weighted by atomic mass is 10.3. The maximum absolute atomic E-state index is 11.7. The fraction of sp³-hybridized carbons (Fsp3) is 0.714. The van der Waals surface area contributed by atoms with Crippen LogP contribution in [-0.4, -0.2) is 52.7 Å². The molecule has 0 rings (SSSR count). The van der Waals surface area contributed by atoms with E-state index in [4.69, 9.17) is 10.2 Å². The van der Waals surface area contributed by atoms with E-state index in [9.17, 15) is 22.8 Å². The molecule has 0 fully saturated rings. The molecule has 6 nitrogen and oxygen atoms in total. The van der Waals surface area contributed by atoms with Crippen molar-refractivity contribution >= 4 is 23.8 Å². The third-order valence-corrected chi connectivity index (χ3v) is 2.17. The summed E-state index contributed by atoms with van der Waals surface area (Å²) in [5.41, 5.74) is -4.37. The number of hydrogen-bond donors (Lipinski definition) is 4. The van der Waals surface area contributed by atoms with E-state index in [2.05, 4.69) is 0 Å². The topological polar surface area (TPSA) is 98.7 Å². The highest BCUT2D eigenvalue weighted by atomic mass is 32.2. The first-order valence-corrected chi connectivity index (χ1v) is 5.33. The second kappa shape index (κ2) is 7.22. The van der Waals surface area contributed by atoms with Gasteiger partial charge in [-0.2, -0.15) is 13.2 Å². The molecule has 0 aromatic rings. The third-order valence-electron chi connectivity index (χ3n) is 1.44. The van der Waals surface area contributed by atoms with Gasteiger partial charge in [0.1, 0.15) is 0 Å². The number of alkyl halides is 3. The van der Waals surface area contributed by atoms with Crippen molar-refractivity contribution < 1.29 is 33.0 Å². The first-order chi connectivity index (χ1) is 7.76. The van der Waals surface area contributed by atoms with Crippen LogP contribution < -0.4 is 10.6 Å². The first-order valence-electron chi connectivity index (χ1n) is 4.35. The highest BCUT2D eigenvalue weighted by Crippen LogP contribution is 2.29. The van der Waals surface area contributed by atoms with E-state index in [0.717, 1.165) is 0 Å². The lowest BCUT2D eigenvalue weighted by Crippen LogP contribution is -2.48. The standard InChI is InChI=1S/C7H11F3N2O4S/c8-7(9,10)17-2-1-11-6(16)12-4(3-13)5(14)15/h4,13H,1-3H2,(H,14,15)(H2,11,12,16)/t4-/m0/s1. The maximum atomic E-state index is 11.7. The summed E-state index contributed by atoms with van der Waals surface area (Å²) in [4.78, 5) is 21.3. The van der Waals surface area contributed by atoms with Crippen LogP contribution in [0.4, 0.5) is 18.0 Å². The molecule has 2 amide bonds. The van der Waals surface area contributed by atoms with Crippen LogP contribution in [0.1, 0.15) is 0 Å². The molecular weight excluding hydrogens is 265 g/mol. The lowest BCUT2D eigenvalue weighted by Gasteiger charge is -2.12. The molecule has 0 aromatic heterocycles. The number of carbonyl (C=O) groups excluding carboxylic acids is 1. The molecule has 4 N–H and O–H groups in total. The Bertz CT molecular complexity index is 274. The van der Waals surface area contributed by atoms with E-state index < -0.39 is 30.2 Å². The minimum atomic E-state index is -4.37. The predicted octanol–water partition coefficient (Wildman–Crippen LogP) is -0.0159. The summed E-state index contributed by atoms with van der Waals surface area (Å²) < 4.78 is 35.0. The van der Waals surface area contributed by atoms with Crippen molar-refractivity contribution in [2.75, 3.05) is 18.9 Å². The summed E-state index contributed by atoms with van der Waals surface area (Å²) in [5.74, 6) is -1.82. The normalized spacial score (nSPS) is 12.9.